The summed E-state index contributed by atoms with van der Waals surface area (Å²) in [7, 11) is 1.71. The van der Waals surface area contributed by atoms with Crippen LogP contribution < -0.4 is 10.5 Å². The van der Waals surface area contributed by atoms with Gasteiger partial charge in [-0.1, -0.05) is 0 Å². The van der Waals surface area contributed by atoms with Crippen LogP contribution >= 0.6 is 0 Å². The standard InChI is InChI=1S/C20H24F2N4O2/c1-27-5-4-26-10-15(11-26)13-6-16(12-2-3-12)25-17(7-13)14-8-18(28-20(21)22)19(23)24-9-14/h6-9,12,15,20H,2-5,10-11H2,1H3,(H2,23,24). The molecule has 150 valence electrons. The number of alkyl halides is 2. The second-order valence-electron chi connectivity index (χ2n) is 7.42. The van der Waals surface area contributed by atoms with Gasteiger partial charge < -0.3 is 15.2 Å². The Morgan fingerprint density at radius 2 is 2.00 bits per heavy atom. The number of hydrogen-bond donors (Lipinski definition) is 1. The Bertz CT molecular complexity index is 839. The van der Waals surface area contributed by atoms with E-state index in [1.54, 1.807) is 13.3 Å². The third-order valence-electron chi connectivity index (χ3n) is 5.30. The predicted octanol–water partition coefficient (Wildman–Crippen LogP) is 3.25. The molecule has 2 aliphatic rings. The average Bonchev–Trinajstić information content (AvgIpc) is 3.47. The lowest BCUT2D eigenvalue weighted by Crippen LogP contribution is -2.46. The molecule has 2 aromatic heterocycles. The van der Waals surface area contributed by atoms with Crippen molar-refractivity contribution < 1.29 is 18.3 Å². The number of anilines is 1. The Morgan fingerprint density at radius 3 is 2.68 bits per heavy atom. The highest BCUT2D eigenvalue weighted by molar-refractivity contribution is 5.65. The van der Waals surface area contributed by atoms with E-state index in [0.717, 1.165) is 50.5 Å². The maximum absolute atomic E-state index is 12.6. The van der Waals surface area contributed by atoms with Gasteiger partial charge in [0, 0.05) is 56.0 Å². The van der Waals surface area contributed by atoms with E-state index < -0.39 is 6.61 Å². The zero-order valence-electron chi connectivity index (χ0n) is 15.8. The van der Waals surface area contributed by atoms with E-state index in [4.69, 9.17) is 15.5 Å². The molecule has 1 aliphatic heterocycles. The van der Waals surface area contributed by atoms with Gasteiger partial charge in [-0.3, -0.25) is 9.88 Å². The molecule has 8 heteroatoms. The average molecular weight is 390 g/mol. The van der Waals surface area contributed by atoms with E-state index in [2.05, 4.69) is 20.7 Å². The first kappa shape index (κ1) is 19.0. The highest BCUT2D eigenvalue weighted by Crippen LogP contribution is 2.42. The smallest absolute Gasteiger partial charge is 0.387 e. The van der Waals surface area contributed by atoms with Crippen LogP contribution in [0.2, 0.25) is 0 Å². The number of halogens is 2. The fourth-order valence-electron chi connectivity index (χ4n) is 3.52. The van der Waals surface area contributed by atoms with Crippen molar-refractivity contribution in [3.8, 4) is 17.0 Å². The second kappa shape index (κ2) is 7.97. The zero-order valence-corrected chi connectivity index (χ0v) is 15.8. The number of nitrogens with two attached hydrogens (primary N) is 1. The summed E-state index contributed by atoms with van der Waals surface area (Å²) in [5.74, 6) is 0.744. The molecule has 0 unspecified atom stereocenters. The molecule has 1 saturated carbocycles. The maximum atomic E-state index is 12.6. The number of likely N-dealkylation sites (tertiary alicyclic amines) is 1. The monoisotopic (exact) mass is 390 g/mol. The van der Waals surface area contributed by atoms with Crippen LogP contribution in [0.1, 0.15) is 35.9 Å². The summed E-state index contributed by atoms with van der Waals surface area (Å²) in [4.78, 5) is 11.1. The molecule has 0 radical (unpaired) electrons. The normalized spacial score (nSPS) is 17.7. The minimum atomic E-state index is -2.95. The van der Waals surface area contributed by atoms with Gasteiger partial charge in [-0.15, -0.1) is 0 Å². The number of methoxy groups -OCH3 is 1. The van der Waals surface area contributed by atoms with Crippen molar-refractivity contribution in [2.75, 3.05) is 39.1 Å². The lowest BCUT2D eigenvalue weighted by Gasteiger charge is -2.39. The van der Waals surface area contributed by atoms with Crippen LogP contribution in [0.3, 0.4) is 0 Å². The van der Waals surface area contributed by atoms with Gasteiger partial charge in [0.2, 0.25) is 0 Å². The van der Waals surface area contributed by atoms with Crippen molar-refractivity contribution in [2.45, 2.75) is 31.3 Å². The van der Waals surface area contributed by atoms with E-state index in [9.17, 15) is 8.78 Å². The molecule has 1 saturated heterocycles. The van der Waals surface area contributed by atoms with Crippen LogP contribution in [0, 0.1) is 0 Å². The predicted molar refractivity (Wildman–Crippen MR) is 102 cm³/mol. The lowest BCUT2D eigenvalue weighted by atomic mass is 9.90. The molecule has 0 spiro atoms. The molecule has 1 aliphatic carbocycles. The Labute approximate surface area is 162 Å². The van der Waals surface area contributed by atoms with Crippen molar-refractivity contribution in [3.63, 3.8) is 0 Å². The summed E-state index contributed by atoms with van der Waals surface area (Å²) in [6.45, 7) is 0.670. The molecular weight excluding hydrogens is 366 g/mol. The Balaban J connectivity index is 1.60. The molecule has 3 heterocycles. The molecule has 4 rings (SSSR count). The Morgan fingerprint density at radius 1 is 1.21 bits per heavy atom. The molecule has 0 aromatic carbocycles. The molecule has 0 amide bonds. The molecule has 0 bridgehead atoms. The summed E-state index contributed by atoms with van der Waals surface area (Å²) >= 11 is 0. The Hall–Kier alpha value is -2.32. The lowest BCUT2D eigenvalue weighted by molar-refractivity contribution is -0.0494. The van der Waals surface area contributed by atoms with Gasteiger partial charge in [0.1, 0.15) is 0 Å². The topological polar surface area (TPSA) is 73.5 Å². The van der Waals surface area contributed by atoms with E-state index in [-0.39, 0.29) is 11.6 Å². The van der Waals surface area contributed by atoms with Crippen molar-refractivity contribution >= 4 is 5.82 Å². The molecular formula is C20H24F2N4O2. The first-order valence-electron chi connectivity index (χ1n) is 9.47. The number of nitrogen functional groups attached to an aromatic ring is 1. The van der Waals surface area contributed by atoms with Crippen molar-refractivity contribution in [1.29, 1.82) is 0 Å². The van der Waals surface area contributed by atoms with E-state index in [0.29, 0.717) is 17.4 Å². The van der Waals surface area contributed by atoms with Crippen molar-refractivity contribution in [1.82, 2.24) is 14.9 Å². The van der Waals surface area contributed by atoms with Crippen LogP contribution in [-0.4, -0.2) is 54.8 Å². The van der Waals surface area contributed by atoms with Crippen LogP contribution in [0.5, 0.6) is 5.75 Å². The number of nitrogens with zero attached hydrogens (tertiary/aromatic N) is 3. The summed E-state index contributed by atoms with van der Waals surface area (Å²) in [5, 5.41) is 0. The number of ether oxygens (including phenoxy) is 2. The summed E-state index contributed by atoms with van der Waals surface area (Å²) in [6, 6.07) is 5.72. The van der Waals surface area contributed by atoms with Crippen LogP contribution in [0.15, 0.2) is 24.4 Å². The third kappa shape index (κ3) is 4.23. The molecule has 6 nitrogen and oxygen atoms in total. The summed E-state index contributed by atoms with van der Waals surface area (Å²) < 4.78 is 34.9. The fourth-order valence-corrected chi connectivity index (χ4v) is 3.52. The quantitative estimate of drug-likeness (QED) is 0.746. The zero-order chi connectivity index (χ0) is 19.7. The van der Waals surface area contributed by atoms with Gasteiger partial charge in [-0.2, -0.15) is 8.78 Å². The van der Waals surface area contributed by atoms with Gasteiger partial charge in [-0.25, -0.2) is 4.98 Å². The number of rotatable bonds is 8. The first-order valence-corrected chi connectivity index (χ1v) is 9.47. The minimum Gasteiger partial charge on any atom is -0.431 e. The number of hydrogen-bond acceptors (Lipinski definition) is 6. The minimum absolute atomic E-state index is 0.0598. The van der Waals surface area contributed by atoms with Crippen molar-refractivity contribution in [2.24, 2.45) is 0 Å². The highest BCUT2D eigenvalue weighted by atomic mass is 19.3. The van der Waals surface area contributed by atoms with Crippen LogP contribution in [-0.2, 0) is 4.74 Å². The first-order chi connectivity index (χ1) is 13.5. The van der Waals surface area contributed by atoms with Gasteiger partial charge in [0.25, 0.3) is 0 Å². The third-order valence-corrected chi connectivity index (χ3v) is 5.30. The summed E-state index contributed by atoms with van der Waals surface area (Å²) in [5.41, 5.74) is 9.31. The summed E-state index contributed by atoms with van der Waals surface area (Å²) in [6.07, 6.45) is 3.84. The largest absolute Gasteiger partial charge is 0.431 e. The highest BCUT2D eigenvalue weighted by Gasteiger charge is 2.31. The fraction of sp³-hybridized carbons (Fsp3) is 0.500. The van der Waals surface area contributed by atoms with E-state index in [1.807, 2.05) is 6.07 Å². The van der Waals surface area contributed by atoms with Crippen LogP contribution in [0.25, 0.3) is 11.3 Å². The molecule has 2 aromatic rings. The molecule has 28 heavy (non-hydrogen) atoms. The van der Waals surface area contributed by atoms with Crippen molar-refractivity contribution in [3.05, 3.63) is 35.7 Å². The number of pyridine rings is 2. The molecule has 0 atom stereocenters. The molecule has 2 N–H and O–H groups in total. The van der Waals surface area contributed by atoms with Gasteiger partial charge in [0.05, 0.1) is 12.3 Å². The Kier molecular flexibility index (Phi) is 5.41. The van der Waals surface area contributed by atoms with Gasteiger partial charge in [0.15, 0.2) is 11.6 Å². The van der Waals surface area contributed by atoms with Gasteiger partial charge >= 0.3 is 6.61 Å². The number of aromatic nitrogens is 2. The molecule has 2 fully saturated rings. The van der Waals surface area contributed by atoms with E-state index in [1.165, 1.54) is 11.6 Å². The maximum Gasteiger partial charge on any atom is 0.387 e. The van der Waals surface area contributed by atoms with E-state index >= 15 is 0 Å². The SMILES string of the molecule is COCCN1CC(c2cc(-c3cnc(N)c(OC(F)F)c3)nc(C3CC3)c2)C1. The van der Waals surface area contributed by atoms with Gasteiger partial charge in [-0.05, 0) is 36.6 Å². The van der Waals surface area contributed by atoms with Crippen LogP contribution in [0.4, 0.5) is 14.6 Å². The second-order valence-corrected chi connectivity index (χ2v) is 7.42.